The van der Waals surface area contributed by atoms with Crippen molar-refractivity contribution in [2.24, 2.45) is 0 Å². The normalized spacial score (nSPS) is 10.7. The van der Waals surface area contributed by atoms with Gasteiger partial charge in [0.05, 0.1) is 0 Å². The monoisotopic (exact) mass is 292 g/mol. The van der Waals surface area contributed by atoms with E-state index in [0.29, 0.717) is 16.5 Å². The van der Waals surface area contributed by atoms with E-state index in [2.05, 4.69) is 0 Å². The van der Waals surface area contributed by atoms with Crippen LogP contribution in [0.5, 0.6) is 0 Å². The maximum atomic E-state index is 11.5. The van der Waals surface area contributed by atoms with Gasteiger partial charge in [0.1, 0.15) is 5.78 Å². The molecule has 1 nitrogen and oxygen atoms in total. The first-order valence-electron chi connectivity index (χ1n) is 6.06. The molecule has 0 aliphatic carbocycles. The Hall–Kier alpha value is -1.31. The second-order valence-corrected chi connectivity index (χ2v) is 5.43. The van der Waals surface area contributed by atoms with Crippen LogP contribution in [0.1, 0.15) is 30.4 Å². The smallest absolute Gasteiger partial charge is 0.130 e. The zero-order chi connectivity index (χ0) is 13.8. The predicted octanol–water partition coefficient (Wildman–Crippen LogP) is 5.10. The van der Waals surface area contributed by atoms with E-state index in [1.54, 1.807) is 6.92 Å². The minimum Gasteiger partial charge on any atom is -0.300 e. The van der Waals surface area contributed by atoms with Gasteiger partial charge < -0.3 is 0 Å². The molecule has 0 N–H and O–H groups in total. The van der Waals surface area contributed by atoms with Crippen LogP contribution in [0.3, 0.4) is 0 Å². The standard InChI is InChI=1S/C16H14Cl2O/c1-11(19)10-16(12-2-6-14(17)7-3-12)13-4-8-15(18)9-5-13/h2-9,16H,10H2,1H3. The molecule has 0 heterocycles. The van der Waals surface area contributed by atoms with Crippen molar-refractivity contribution in [1.29, 1.82) is 0 Å². The van der Waals surface area contributed by atoms with E-state index in [9.17, 15) is 4.79 Å². The third-order valence-corrected chi connectivity index (χ3v) is 3.54. The molecule has 0 aliphatic rings. The molecule has 0 bridgehead atoms. The zero-order valence-corrected chi connectivity index (χ0v) is 12.1. The highest BCUT2D eigenvalue weighted by Crippen LogP contribution is 2.30. The molecule has 0 radical (unpaired) electrons. The van der Waals surface area contributed by atoms with Gasteiger partial charge in [0.15, 0.2) is 0 Å². The summed E-state index contributed by atoms with van der Waals surface area (Å²) in [7, 11) is 0. The SMILES string of the molecule is CC(=O)CC(c1ccc(Cl)cc1)c1ccc(Cl)cc1. The lowest BCUT2D eigenvalue weighted by Crippen LogP contribution is -2.06. The Kier molecular flexibility index (Phi) is 4.62. The molecule has 0 amide bonds. The average molecular weight is 293 g/mol. The second-order valence-electron chi connectivity index (χ2n) is 4.56. The maximum absolute atomic E-state index is 11.5. The fourth-order valence-electron chi connectivity index (χ4n) is 2.11. The van der Waals surface area contributed by atoms with Crippen LogP contribution in [0.4, 0.5) is 0 Å². The molecule has 0 saturated carbocycles. The highest BCUT2D eigenvalue weighted by Gasteiger charge is 2.16. The summed E-state index contributed by atoms with van der Waals surface area (Å²) in [6.45, 7) is 1.61. The van der Waals surface area contributed by atoms with E-state index in [1.807, 2.05) is 48.5 Å². The Morgan fingerprint density at radius 3 is 1.58 bits per heavy atom. The van der Waals surface area contributed by atoms with Crippen molar-refractivity contribution >= 4 is 29.0 Å². The minimum atomic E-state index is 0.0482. The first kappa shape index (κ1) is 14.1. The van der Waals surface area contributed by atoms with Crippen molar-refractivity contribution in [2.75, 3.05) is 0 Å². The van der Waals surface area contributed by atoms with E-state index >= 15 is 0 Å². The lowest BCUT2D eigenvalue weighted by Gasteiger charge is -2.17. The van der Waals surface area contributed by atoms with Gasteiger partial charge in [-0.05, 0) is 42.3 Å². The zero-order valence-electron chi connectivity index (χ0n) is 10.6. The van der Waals surface area contributed by atoms with E-state index in [1.165, 1.54) is 0 Å². The number of ketones is 1. The quantitative estimate of drug-likeness (QED) is 0.766. The Balaban J connectivity index is 2.37. The summed E-state index contributed by atoms with van der Waals surface area (Å²) in [5.74, 6) is 0.210. The topological polar surface area (TPSA) is 17.1 Å². The number of hydrogen-bond acceptors (Lipinski definition) is 1. The molecule has 2 aromatic carbocycles. The number of hydrogen-bond donors (Lipinski definition) is 0. The molecule has 0 aromatic heterocycles. The Morgan fingerprint density at radius 1 is 0.895 bits per heavy atom. The molecule has 2 aromatic rings. The lowest BCUT2D eigenvalue weighted by atomic mass is 9.87. The summed E-state index contributed by atoms with van der Waals surface area (Å²) < 4.78 is 0. The first-order chi connectivity index (χ1) is 9.06. The van der Waals surface area contributed by atoms with Gasteiger partial charge >= 0.3 is 0 Å². The Morgan fingerprint density at radius 2 is 1.26 bits per heavy atom. The third-order valence-electron chi connectivity index (χ3n) is 3.04. The number of benzene rings is 2. The summed E-state index contributed by atoms with van der Waals surface area (Å²) in [5.41, 5.74) is 2.17. The van der Waals surface area contributed by atoms with Crippen LogP contribution in [0, 0.1) is 0 Å². The fraction of sp³-hybridized carbons (Fsp3) is 0.188. The van der Waals surface area contributed by atoms with Crippen LogP contribution in [0.15, 0.2) is 48.5 Å². The molecule has 0 atom stereocenters. The van der Waals surface area contributed by atoms with Gasteiger partial charge in [0.2, 0.25) is 0 Å². The Labute approximate surface area is 123 Å². The van der Waals surface area contributed by atoms with Gasteiger partial charge in [0.25, 0.3) is 0 Å². The number of rotatable bonds is 4. The van der Waals surface area contributed by atoms with E-state index < -0.39 is 0 Å². The molecule has 0 fully saturated rings. The van der Waals surface area contributed by atoms with Crippen molar-refractivity contribution in [3.8, 4) is 0 Å². The summed E-state index contributed by atoms with van der Waals surface area (Å²) in [5, 5.41) is 1.39. The first-order valence-corrected chi connectivity index (χ1v) is 6.82. The largest absolute Gasteiger partial charge is 0.300 e. The number of halogens is 2. The molecule has 3 heteroatoms. The molecule has 0 unspecified atom stereocenters. The number of carbonyl (C=O) groups is 1. The minimum absolute atomic E-state index is 0.0482. The van der Waals surface area contributed by atoms with Gasteiger partial charge in [-0.25, -0.2) is 0 Å². The van der Waals surface area contributed by atoms with Gasteiger partial charge in [0, 0.05) is 22.4 Å². The number of carbonyl (C=O) groups excluding carboxylic acids is 1. The van der Waals surface area contributed by atoms with E-state index in [4.69, 9.17) is 23.2 Å². The molecule has 98 valence electrons. The van der Waals surface area contributed by atoms with Crippen LogP contribution in [0.25, 0.3) is 0 Å². The highest BCUT2D eigenvalue weighted by molar-refractivity contribution is 6.30. The van der Waals surface area contributed by atoms with Crippen LogP contribution >= 0.6 is 23.2 Å². The molecular weight excluding hydrogens is 279 g/mol. The van der Waals surface area contributed by atoms with Crippen LogP contribution < -0.4 is 0 Å². The molecule has 2 rings (SSSR count). The molecule has 0 saturated heterocycles. The summed E-state index contributed by atoms with van der Waals surface area (Å²) in [6.07, 6.45) is 0.475. The van der Waals surface area contributed by atoms with Crippen molar-refractivity contribution in [3.63, 3.8) is 0 Å². The lowest BCUT2D eigenvalue weighted by molar-refractivity contribution is -0.117. The van der Waals surface area contributed by atoms with Gasteiger partial charge in [-0.3, -0.25) is 4.79 Å². The van der Waals surface area contributed by atoms with Crippen LogP contribution in [-0.4, -0.2) is 5.78 Å². The highest BCUT2D eigenvalue weighted by atomic mass is 35.5. The summed E-state index contributed by atoms with van der Waals surface area (Å²) >= 11 is 11.8. The second kappa shape index (κ2) is 6.23. The van der Waals surface area contributed by atoms with E-state index in [0.717, 1.165) is 11.1 Å². The van der Waals surface area contributed by atoms with Gasteiger partial charge in [-0.2, -0.15) is 0 Å². The molecule has 0 spiro atoms. The predicted molar refractivity (Wildman–Crippen MR) is 80.0 cm³/mol. The molecular formula is C16H14Cl2O. The van der Waals surface area contributed by atoms with Crippen molar-refractivity contribution in [3.05, 3.63) is 69.7 Å². The van der Waals surface area contributed by atoms with Gasteiger partial charge in [-0.15, -0.1) is 0 Å². The van der Waals surface area contributed by atoms with Crippen LogP contribution in [-0.2, 0) is 4.79 Å². The molecule has 0 aliphatic heterocycles. The van der Waals surface area contributed by atoms with E-state index in [-0.39, 0.29) is 11.7 Å². The number of Topliss-reactive ketones (excluding diaryl/α,β-unsaturated/α-hetero) is 1. The average Bonchev–Trinajstić information content (AvgIpc) is 2.38. The fourth-order valence-corrected chi connectivity index (χ4v) is 2.36. The van der Waals surface area contributed by atoms with Crippen molar-refractivity contribution in [1.82, 2.24) is 0 Å². The molecule has 19 heavy (non-hydrogen) atoms. The Bertz CT molecular complexity index is 513. The van der Waals surface area contributed by atoms with Crippen LogP contribution in [0.2, 0.25) is 10.0 Å². The summed E-state index contributed by atoms with van der Waals surface area (Å²) in [4.78, 5) is 11.5. The third kappa shape index (κ3) is 3.82. The maximum Gasteiger partial charge on any atom is 0.130 e. The van der Waals surface area contributed by atoms with Gasteiger partial charge in [-0.1, -0.05) is 47.5 Å². The summed E-state index contributed by atoms with van der Waals surface area (Å²) in [6, 6.07) is 15.2. The van der Waals surface area contributed by atoms with Crippen molar-refractivity contribution in [2.45, 2.75) is 19.3 Å². The van der Waals surface area contributed by atoms with Crippen molar-refractivity contribution < 1.29 is 4.79 Å².